The van der Waals surface area contributed by atoms with Crippen LogP contribution >= 0.6 is 0 Å². The highest BCUT2D eigenvalue weighted by Gasteiger charge is 2.28. The maximum Gasteiger partial charge on any atom is 0.312 e. The van der Waals surface area contributed by atoms with E-state index in [0.717, 1.165) is 24.8 Å². The van der Waals surface area contributed by atoms with Crippen molar-refractivity contribution in [2.45, 2.75) is 53.1 Å². The third-order valence-electron chi connectivity index (χ3n) is 3.47. The van der Waals surface area contributed by atoms with Crippen molar-refractivity contribution in [1.29, 1.82) is 0 Å². The molecule has 1 aliphatic carbocycles. The lowest BCUT2D eigenvalue weighted by molar-refractivity contribution is -0.154. The quantitative estimate of drug-likeness (QED) is 0.437. The van der Waals surface area contributed by atoms with Gasteiger partial charge in [0.25, 0.3) is 0 Å². The molecule has 0 aromatic heterocycles. The van der Waals surface area contributed by atoms with Crippen LogP contribution in [0.2, 0.25) is 0 Å². The van der Waals surface area contributed by atoms with Crippen molar-refractivity contribution in [2.75, 3.05) is 0 Å². The molecule has 19 heavy (non-hydrogen) atoms. The number of allylic oxidation sites excluding steroid dienone is 2. The molecule has 2 heteroatoms. The van der Waals surface area contributed by atoms with E-state index in [-0.39, 0.29) is 5.97 Å². The average molecular weight is 260 g/mol. The van der Waals surface area contributed by atoms with Crippen molar-refractivity contribution in [1.82, 2.24) is 0 Å². The van der Waals surface area contributed by atoms with Crippen molar-refractivity contribution in [2.24, 2.45) is 11.3 Å². The average Bonchev–Trinajstić information content (AvgIpc) is 2.34. The molecule has 0 radical (unpaired) electrons. The summed E-state index contributed by atoms with van der Waals surface area (Å²) in [6, 6.07) is 0. The lowest BCUT2D eigenvalue weighted by Crippen LogP contribution is -2.29. The monoisotopic (exact) mass is 260 g/mol. The van der Waals surface area contributed by atoms with Gasteiger partial charge in [0, 0.05) is 0 Å². The summed E-state index contributed by atoms with van der Waals surface area (Å²) in [5.74, 6) is 2.86. The van der Waals surface area contributed by atoms with Gasteiger partial charge >= 0.3 is 5.97 Å². The highest BCUT2D eigenvalue weighted by molar-refractivity contribution is 5.76. The van der Waals surface area contributed by atoms with Crippen LogP contribution in [0.15, 0.2) is 23.8 Å². The van der Waals surface area contributed by atoms with Gasteiger partial charge in [0.1, 0.15) is 0 Å². The molecule has 1 aliphatic rings. The molecule has 2 nitrogen and oxygen atoms in total. The Morgan fingerprint density at radius 3 is 2.58 bits per heavy atom. The fourth-order valence-electron chi connectivity index (χ4n) is 2.04. The molecular formula is C17H24O2. The molecule has 104 valence electrons. The molecule has 1 rings (SSSR count). The van der Waals surface area contributed by atoms with Crippen LogP contribution in [-0.4, -0.2) is 12.1 Å². The zero-order valence-corrected chi connectivity index (χ0v) is 12.5. The molecule has 0 saturated carbocycles. The summed E-state index contributed by atoms with van der Waals surface area (Å²) in [7, 11) is 0. The first-order valence-corrected chi connectivity index (χ1v) is 6.77. The molecule has 2 atom stereocenters. The van der Waals surface area contributed by atoms with Gasteiger partial charge in [-0.2, -0.15) is 0 Å². The first kappa shape index (κ1) is 15.6. The predicted octanol–water partition coefficient (Wildman–Crippen LogP) is 3.88. The maximum atomic E-state index is 11.9. The third-order valence-corrected chi connectivity index (χ3v) is 3.47. The number of hydrogen-bond donors (Lipinski definition) is 0. The molecule has 0 aromatic rings. The van der Waals surface area contributed by atoms with Gasteiger partial charge in [-0.25, -0.2) is 0 Å². The van der Waals surface area contributed by atoms with Crippen LogP contribution in [-0.2, 0) is 9.53 Å². The molecule has 0 saturated heterocycles. The van der Waals surface area contributed by atoms with E-state index in [1.165, 1.54) is 5.57 Å². The highest BCUT2D eigenvalue weighted by Crippen LogP contribution is 2.31. The number of esters is 1. The van der Waals surface area contributed by atoms with Gasteiger partial charge in [-0.3, -0.25) is 4.79 Å². The number of carbonyl (C=O) groups is 1. The number of terminal acetylenes is 1. The molecule has 0 amide bonds. The Morgan fingerprint density at radius 2 is 2.21 bits per heavy atom. The van der Waals surface area contributed by atoms with E-state index < -0.39 is 11.5 Å². The van der Waals surface area contributed by atoms with Crippen molar-refractivity contribution in [3.8, 4) is 12.3 Å². The Morgan fingerprint density at radius 1 is 1.58 bits per heavy atom. The Hall–Kier alpha value is -1.49. The van der Waals surface area contributed by atoms with Crippen LogP contribution in [0.1, 0.15) is 47.0 Å². The molecular weight excluding hydrogens is 236 g/mol. The Balaban J connectivity index is 2.71. The maximum absolute atomic E-state index is 11.9. The van der Waals surface area contributed by atoms with Crippen molar-refractivity contribution in [3.63, 3.8) is 0 Å². The molecule has 0 heterocycles. The molecule has 0 aliphatic heterocycles. The van der Waals surface area contributed by atoms with E-state index in [2.05, 4.69) is 25.5 Å². The van der Waals surface area contributed by atoms with E-state index >= 15 is 0 Å². The van der Waals surface area contributed by atoms with Crippen molar-refractivity contribution < 1.29 is 9.53 Å². The van der Waals surface area contributed by atoms with E-state index in [9.17, 15) is 4.79 Å². The topological polar surface area (TPSA) is 26.3 Å². The second-order valence-electron chi connectivity index (χ2n) is 6.30. The van der Waals surface area contributed by atoms with Gasteiger partial charge in [-0.15, -0.1) is 6.42 Å². The SMILES string of the molecule is C#C[C@@H](OC(=O)C(C)(C)C)C1=CC[C@@H](C(=C)C)CC1. The summed E-state index contributed by atoms with van der Waals surface area (Å²) in [5.41, 5.74) is 1.74. The van der Waals surface area contributed by atoms with Gasteiger partial charge in [-0.1, -0.05) is 24.1 Å². The number of ether oxygens (including phenoxy) is 1. The number of rotatable bonds is 3. The lowest BCUT2D eigenvalue weighted by Gasteiger charge is -2.26. The van der Waals surface area contributed by atoms with Crippen LogP contribution in [0.25, 0.3) is 0 Å². The predicted molar refractivity (Wildman–Crippen MR) is 78.4 cm³/mol. The molecule has 0 aromatic carbocycles. The fraction of sp³-hybridized carbons (Fsp3) is 0.588. The normalized spacial score (nSPS) is 21.0. The number of carbonyl (C=O) groups excluding carboxylic acids is 1. The zero-order chi connectivity index (χ0) is 14.6. The van der Waals surface area contributed by atoms with Crippen LogP contribution in [0.3, 0.4) is 0 Å². The third kappa shape index (κ3) is 4.28. The second-order valence-corrected chi connectivity index (χ2v) is 6.30. The molecule has 0 unspecified atom stereocenters. The summed E-state index contributed by atoms with van der Waals surface area (Å²) in [6.07, 6.45) is 9.96. The zero-order valence-electron chi connectivity index (χ0n) is 12.5. The summed E-state index contributed by atoms with van der Waals surface area (Å²) in [5, 5.41) is 0. The summed E-state index contributed by atoms with van der Waals surface area (Å²) >= 11 is 0. The lowest BCUT2D eigenvalue weighted by atomic mass is 9.84. The smallest absolute Gasteiger partial charge is 0.312 e. The number of hydrogen-bond acceptors (Lipinski definition) is 2. The van der Waals surface area contributed by atoms with E-state index in [1.54, 1.807) is 0 Å². The first-order valence-electron chi connectivity index (χ1n) is 6.77. The molecule has 0 N–H and O–H groups in total. The van der Waals surface area contributed by atoms with E-state index in [0.29, 0.717) is 5.92 Å². The Kier molecular flexibility index (Phi) is 5.00. The van der Waals surface area contributed by atoms with Gasteiger partial charge in [0.05, 0.1) is 5.41 Å². The Labute approximate surface area is 116 Å². The minimum atomic E-state index is -0.523. The molecule has 0 fully saturated rings. The summed E-state index contributed by atoms with van der Waals surface area (Å²) < 4.78 is 5.43. The van der Waals surface area contributed by atoms with Crippen LogP contribution < -0.4 is 0 Å². The van der Waals surface area contributed by atoms with Crippen molar-refractivity contribution >= 4 is 5.97 Å². The standard InChI is InChI=1S/C17H24O2/c1-7-15(19-16(18)17(4,5)6)14-10-8-13(9-11-14)12(2)3/h1,10,13,15H,2,8-9,11H2,3-6H3/t13-,15-/m1/s1. The van der Waals surface area contributed by atoms with Gasteiger partial charge < -0.3 is 4.74 Å². The van der Waals surface area contributed by atoms with Crippen LogP contribution in [0, 0.1) is 23.7 Å². The second kappa shape index (κ2) is 6.10. The van der Waals surface area contributed by atoms with E-state index in [4.69, 9.17) is 11.2 Å². The van der Waals surface area contributed by atoms with E-state index in [1.807, 2.05) is 20.8 Å². The molecule has 0 spiro atoms. The minimum absolute atomic E-state index is 0.252. The largest absolute Gasteiger partial charge is 0.444 e. The minimum Gasteiger partial charge on any atom is -0.444 e. The summed E-state index contributed by atoms with van der Waals surface area (Å²) in [4.78, 5) is 11.9. The Bertz CT molecular complexity index is 429. The summed E-state index contributed by atoms with van der Waals surface area (Å²) in [6.45, 7) is 11.5. The fourth-order valence-corrected chi connectivity index (χ4v) is 2.04. The van der Waals surface area contributed by atoms with Crippen molar-refractivity contribution in [3.05, 3.63) is 23.8 Å². The molecule has 0 bridgehead atoms. The highest BCUT2D eigenvalue weighted by atomic mass is 16.5. The van der Waals surface area contributed by atoms with Crippen LogP contribution in [0.5, 0.6) is 0 Å². The van der Waals surface area contributed by atoms with Gasteiger partial charge in [-0.05, 0) is 58.4 Å². The first-order chi connectivity index (χ1) is 8.75. The van der Waals surface area contributed by atoms with Gasteiger partial charge in [0.2, 0.25) is 0 Å². The van der Waals surface area contributed by atoms with Crippen LogP contribution in [0.4, 0.5) is 0 Å². The van der Waals surface area contributed by atoms with Gasteiger partial charge in [0.15, 0.2) is 6.10 Å².